The molecule has 0 radical (unpaired) electrons. The predicted molar refractivity (Wildman–Crippen MR) is 56.9 cm³/mol. The van der Waals surface area contributed by atoms with Crippen molar-refractivity contribution in [3.8, 4) is 0 Å². The van der Waals surface area contributed by atoms with Crippen molar-refractivity contribution >= 4 is 17.8 Å². The molecule has 98 valence electrons. The Hall–Kier alpha value is -1.63. The summed E-state index contributed by atoms with van der Waals surface area (Å²) < 4.78 is 9.23. The third-order valence-corrected chi connectivity index (χ3v) is 1.71. The summed E-state index contributed by atoms with van der Waals surface area (Å²) in [6.45, 7) is 4.48. The first-order valence-electron chi connectivity index (χ1n) is 5.25. The molecule has 7 nitrogen and oxygen atoms in total. The van der Waals surface area contributed by atoms with Crippen LogP contribution in [0.5, 0.6) is 0 Å². The molecule has 0 saturated heterocycles. The van der Waals surface area contributed by atoms with Gasteiger partial charge in [-0.15, -0.1) is 0 Å². The minimum Gasteiger partial charge on any atom is -0.464 e. The van der Waals surface area contributed by atoms with Crippen LogP contribution < -0.4 is 5.32 Å². The van der Waals surface area contributed by atoms with Crippen LogP contribution in [0.2, 0.25) is 0 Å². The van der Waals surface area contributed by atoms with Crippen molar-refractivity contribution in [2.75, 3.05) is 13.2 Å². The number of nitrogens with one attached hydrogen (secondary N) is 1. The molecule has 2 N–H and O–H groups in total. The quantitative estimate of drug-likeness (QED) is 0.460. The van der Waals surface area contributed by atoms with Crippen molar-refractivity contribution in [1.29, 1.82) is 0 Å². The zero-order valence-corrected chi connectivity index (χ0v) is 10.1. The number of carbonyl (C=O) groups excluding carboxylic acids is 3. The Morgan fingerprint density at radius 1 is 1.12 bits per heavy atom. The summed E-state index contributed by atoms with van der Waals surface area (Å²) in [6.07, 6.45) is -1.33. The normalized spacial score (nSPS) is 11.8. The van der Waals surface area contributed by atoms with Gasteiger partial charge in [-0.2, -0.15) is 0 Å². The summed E-state index contributed by atoms with van der Waals surface area (Å²) in [5, 5.41) is 11.0. The number of aliphatic hydroxyl groups excluding tert-OH is 1. The van der Waals surface area contributed by atoms with Crippen LogP contribution in [0.25, 0.3) is 0 Å². The van der Waals surface area contributed by atoms with E-state index in [-0.39, 0.29) is 13.2 Å². The Morgan fingerprint density at radius 3 is 1.82 bits per heavy atom. The molecule has 0 spiro atoms. The Kier molecular flexibility index (Phi) is 6.88. The van der Waals surface area contributed by atoms with Gasteiger partial charge < -0.3 is 19.9 Å². The van der Waals surface area contributed by atoms with E-state index in [1.54, 1.807) is 13.8 Å². The lowest BCUT2D eigenvalue weighted by Crippen LogP contribution is -2.50. The number of aliphatic hydroxyl groups is 1. The molecule has 0 aromatic carbocycles. The van der Waals surface area contributed by atoms with Gasteiger partial charge in [-0.25, -0.2) is 9.59 Å². The minimum absolute atomic E-state index is 0.0687. The number of hydrogen-bond acceptors (Lipinski definition) is 6. The number of carbonyl (C=O) groups is 3. The molecule has 0 aromatic heterocycles. The van der Waals surface area contributed by atoms with Gasteiger partial charge in [0, 0.05) is 0 Å². The fourth-order valence-electron chi connectivity index (χ4n) is 0.928. The Morgan fingerprint density at radius 2 is 1.53 bits per heavy atom. The summed E-state index contributed by atoms with van der Waals surface area (Å²) in [4.78, 5) is 34.0. The van der Waals surface area contributed by atoms with Gasteiger partial charge in [-0.05, 0) is 20.8 Å². The lowest BCUT2D eigenvalue weighted by molar-refractivity contribution is -0.160. The van der Waals surface area contributed by atoms with Crippen molar-refractivity contribution in [2.45, 2.75) is 32.9 Å². The minimum atomic E-state index is -1.54. The molecular weight excluding hydrogens is 230 g/mol. The standard InChI is InChI=1S/C10H17NO6/c1-4-16-9(14)7(10(15)17-5-2)11-8(13)6(3)12/h6-7,12H,4-5H2,1-3H3,(H,11,13). The highest BCUT2D eigenvalue weighted by atomic mass is 16.6. The first-order chi connectivity index (χ1) is 7.93. The smallest absolute Gasteiger partial charge is 0.340 e. The molecule has 1 atom stereocenters. The highest BCUT2D eigenvalue weighted by Crippen LogP contribution is 1.96. The van der Waals surface area contributed by atoms with E-state index in [4.69, 9.17) is 5.11 Å². The van der Waals surface area contributed by atoms with Crippen LogP contribution in [0.15, 0.2) is 0 Å². The Bertz CT molecular complexity index is 271. The molecule has 0 bridgehead atoms. The zero-order chi connectivity index (χ0) is 13.4. The Balaban J connectivity index is 4.67. The Labute approximate surface area is 99.1 Å². The third-order valence-electron chi connectivity index (χ3n) is 1.71. The molecule has 7 heteroatoms. The van der Waals surface area contributed by atoms with Gasteiger partial charge in [-0.3, -0.25) is 4.79 Å². The second-order valence-corrected chi connectivity index (χ2v) is 3.12. The number of ether oxygens (including phenoxy) is 2. The van der Waals surface area contributed by atoms with E-state index in [9.17, 15) is 14.4 Å². The maximum absolute atomic E-state index is 11.4. The van der Waals surface area contributed by atoms with Gasteiger partial charge in [0.15, 0.2) is 0 Å². The summed E-state index contributed by atoms with van der Waals surface area (Å²) >= 11 is 0. The van der Waals surface area contributed by atoms with Gasteiger partial charge in [0.2, 0.25) is 11.9 Å². The first kappa shape index (κ1) is 15.4. The summed E-state index contributed by atoms with van der Waals surface area (Å²) in [5.74, 6) is -2.68. The van der Waals surface area contributed by atoms with Gasteiger partial charge in [0.1, 0.15) is 6.10 Å². The van der Waals surface area contributed by atoms with Gasteiger partial charge >= 0.3 is 11.9 Å². The number of hydrogen-bond donors (Lipinski definition) is 2. The molecule has 0 fully saturated rings. The molecule has 1 amide bonds. The van der Waals surface area contributed by atoms with Crippen molar-refractivity contribution in [2.24, 2.45) is 0 Å². The van der Waals surface area contributed by atoms with Crippen LogP contribution in [-0.2, 0) is 23.9 Å². The van der Waals surface area contributed by atoms with Crippen molar-refractivity contribution < 1.29 is 29.0 Å². The second-order valence-electron chi connectivity index (χ2n) is 3.12. The van der Waals surface area contributed by atoms with E-state index in [0.717, 1.165) is 0 Å². The van der Waals surface area contributed by atoms with Crippen LogP contribution in [0, 0.1) is 0 Å². The number of esters is 2. The molecule has 0 rings (SSSR count). The lowest BCUT2D eigenvalue weighted by atomic mass is 10.2. The first-order valence-corrected chi connectivity index (χ1v) is 5.25. The number of amides is 1. The predicted octanol–water partition coefficient (Wildman–Crippen LogP) is -1.02. The highest BCUT2D eigenvalue weighted by molar-refractivity contribution is 6.02. The fourth-order valence-corrected chi connectivity index (χ4v) is 0.928. The van der Waals surface area contributed by atoms with E-state index in [1.807, 2.05) is 5.32 Å². The van der Waals surface area contributed by atoms with E-state index in [0.29, 0.717) is 0 Å². The van der Waals surface area contributed by atoms with Gasteiger partial charge in [0.25, 0.3) is 0 Å². The van der Waals surface area contributed by atoms with Crippen LogP contribution >= 0.6 is 0 Å². The molecular formula is C10H17NO6. The van der Waals surface area contributed by atoms with E-state index in [1.165, 1.54) is 6.92 Å². The lowest BCUT2D eigenvalue weighted by Gasteiger charge is -2.16. The van der Waals surface area contributed by atoms with Gasteiger partial charge in [-0.1, -0.05) is 0 Å². The molecule has 1 unspecified atom stereocenters. The van der Waals surface area contributed by atoms with Gasteiger partial charge in [0.05, 0.1) is 13.2 Å². The van der Waals surface area contributed by atoms with E-state index >= 15 is 0 Å². The van der Waals surface area contributed by atoms with Crippen LogP contribution in [0.3, 0.4) is 0 Å². The van der Waals surface area contributed by atoms with Crippen molar-refractivity contribution in [1.82, 2.24) is 5.32 Å². The second kappa shape index (κ2) is 7.61. The average molecular weight is 247 g/mol. The monoisotopic (exact) mass is 247 g/mol. The van der Waals surface area contributed by atoms with Crippen molar-refractivity contribution in [3.63, 3.8) is 0 Å². The van der Waals surface area contributed by atoms with Crippen molar-refractivity contribution in [3.05, 3.63) is 0 Å². The van der Waals surface area contributed by atoms with Crippen LogP contribution in [0.1, 0.15) is 20.8 Å². The van der Waals surface area contributed by atoms with Crippen LogP contribution in [0.4, 0.5) is 0 Å². The molecule has 0 aliphatic rings. The van der Waals surface area contributed by atoms with E-state index in [2.05, 4.69) is 9.47 Å². The topological polar surface area (TPSA) is 102 Å². The molecule has 0 aliphatic heterocycles. The maximum atomic E-state index is 11.4. The zero-order valence-electron chi connectivity index (χ0n) is 10.1. The fraction of sp³-hybridized carbons (Fsp3) is 0.700. The summed E-state index contributed by atoms with van der Waals surface area (Å²) in [6, 6.07) is -1.54. The summed E-state index contributed by atoms with van der Waals surface area (Å²) in [5.41, 5.74) is 0. The largest absolute Gasteiger partial charge is 0.464 e. The molecule has 0 aromatic rings. The van der Waals surface area contributed by atoms with E-state index < -0.39 is 30.0 Å². The molecule has 0 aliphatic carbocycles. The SMILES string of the molecule is CCOC(=O)C(NC(=O)C(C)O)C(=O)OCC. The third kappa shape index (κ3) is 5.30. The molecule has 17 heavy (non-hydrogen) atoms. The average Bonchev–Trinajstić information content (AvgIpc) is 2.25. The molecule has 0 heterocycles. The summed E-state index contributed by atoms with van der Waals surface area (Å²) in [7, 11) is 0. The van der Waals surface area contributed by atoms with Crippen LogP contribution in [-0.4, -0.2) is 48.3 Å². The maximum Gasteiger partial charge on any atom is 0.340 e. The highest BCUT2D eigenvalue weighted by Gasteiger charge is 2.32. The number of rotatable bonds is 6. The molecule has 0 saturated carbocycles.